The number of phenolic OH excluding ortho intramolecular Hbond substituents is 1. The van der Waals surface area contributed by atoms with E-state index in [2.05, 4.69) is 27.4 Å². The first kappa shape index (κ1) is 28.3. The third kappa shape index (κ3) is 7.30. The lowest BCUT2D eigenvalue weighted by atomic mass is 10.0. The highest BCUT2D eigenvalue weighted by Gasteiger charge is 2.33. The third-order valence-electron chi connectivity index (χ3n) is 6.29. The Morgan fingerprint density at radius 2 is 1.93 bits per heavy atom. The number of aliphatic hydroxyl groups excluding tert-OH is 1. The van der Waals surface area contributed by atoms with Crippen LogP contribution in [0.2, 0.25) is 0 Å². The average Bonchev–Trinajstić information content (AvgIpc) is 3.48. The molecule has 0 aliphatic carbocycles. The number of nitrogens with one attached hydrogen (secondary N) is 1. The predicted molar refractivity (Wildman–Crippen MR) is 152 cm³/mol. The highest BCUT2D eigenvalue weighted by atomic mass is 32.2. The molecule has 212 valence electrons. The maximum absolute atomic E-state index is 12.0. The van der Waals surface area contributed by atoms with Crippen LogP contribution in [0.3, 0.4) is 0 Å². The molecule has 3 unspecified atom stereocenters. The Morgan fingerprint density at radius 3 is 2.68 bits per heavy atom. The van der Waals surface area contributed by atoms with Gasteiger partial charge < -0.3 is 24.4 Å². The number of thioether (sulfide) groups is 1. The van der Waals surface area contributed by atoms with Crippen LogP contribution in [0.25, 0.3) is 5.69 Å². The summed E-state index contributed by atoms with van der Waals surface area (Å²) < 4.78 is 19.4. The molecule has 0 radical (unpaired) electrons. The Kier molecular flexibility index (Phi) is 9.26. The molecule has 3 N–H and O–H groups in total. The number of aromatic nitrogens is 4. The van der Waals surface area contributed by atoms with Crippen molar-refractivity contribution in [1.29, 1.82) is 0 Å². The third-order valence-corrected chi connectivity index (χ3v) is 7.34. The molecule has 1 saturated heterocycles. The van der Waals surface area contributed by atoms with E-state index >= 15 is 0 Å². The summed E-state index contributed by atoms with van der Waals surface area (Å²) in [6, 6.07) is 21.5. The van der Waals surface area contributed by atoms with Crippen molar-refractivity contribution in [3.63, 3.8) is 0 Å². The molecular formula is C29H29N5O6S. The molecule has 1 aromatic heterocycles. The minimum Gasteiger partial charge on any atom is -0.508 e. The van der Waals surface area contributed by atoms with Crippen molar-refractivity contribution in [2.75, 3.05) is 17.7 Å². The molecule has 41 heavy (non-hydrogen) atoms. The number of amides is 1. The fourth-order valence-corrected chi connectivity index (χ4v) is 5.17. The Hall–Kier alpha value is -4.23. The van der Waals surface area contributed by atoms with Crippen molar-refractivity contribution in [2.45, 2.75) is 36.7 Å². The lowest BCUT2D eigenvalue weighted by Crippen LogP contribution is -2.31. The Balaban J connectivity index is 1.34. The molecule has 3 aromatic carbocycles. The minimum absolute atomic E-state index is 0.0401. The van der Waals surface area contributed by atoms with Crippen LogP contribution in [0, 0.1) is 0 Å². The molecule has 0 spiro atoms. The molecule has 1 fully saturated rings. The van der Waals surface area contributed by atoms with Gasteiger partial charge in [0.1, 0.15) is 12.4 Å². The van der Waals surface area contributed by atoms with Crippen LogP contribution in [-0.4, -0.2) is 55.0 Å². The van der Waals surface area contributed by atoms with Crippen molar-refractivity contribution in [3.05, 3.63) is 102 Å². The van der Waals surface area contributed by atoms with Gasteiger partial charge in [-0.25, -0.2) is 4.79 Å². The molecule has 1 aliphatic rings. The SMILES string of the molecule is C=CCOC(=O)Nc1cccc(C2OC(CSc3nnnn3-c3ccc(O)cc3)CC(c3ccc(CO)cc3)O2)c1. The van der Waals surface area contributed by atoms with Crippen molar-refractivity contribution in [1.82, 2.24) is 20.2 Å². The zero-order chi connectivity index (χ0) is 28.6. The molecular weight excluding hydrogens is 546 g/mol. The fourth-order valence-electron chi connectivity index (χ4n) is 4.27. The Labute approximate surface area is 240 Å². The highest BCUT2D eigenvalue weighted by Crippen LogP contribution is 2.40. The normalized spacial score (nSPS) is 18.5. The Morgan fingerprint density at radius 1 is 1.12 bits per heavy atom. The van der Waals surface area contributed by atoms with E-state index in [-0.39, 0.29) is 31.2 Å². The molecule has 12 heteroatoms. The van der Waals surface area contributed by atoms with Crippen LogP contribution < -0.4 is 5.32 Å². The first-order valence-electron chi connectivity index (χ1n) is 12.9. The zero-order valence-electron chi connectivity index (χ0n) is 22.0. The number of benzene rings is 3. The van der Waals surface area contributed by atoms with E-state index in [1.54, 1.807) is 47.1 Å². The molecule has 0 bridgehead atoms. The van der Waals surface area contributed by atoms with Crippen LogP contribution in [0.15, 0.2) is 90.6 Å². The Bertz CT molecular complexity index is 1460. The van der Waals surface area contributed by atoms with Gasteiger partial charge in [-0.3, -0.25) is 5.32 Å². The van der Waals surface area contributed by atoms with Gasteiger partial charge in [0.25, 0.3) is 0 Å². The minimum atomic E-state index is -0.712. The van der Waals surface area contributed by atoms with E-state index in [4.69, 9.17) is 14.2 Å². The standard InChI is InChI=1S/C29H29N5O6S/c1-2-14-38-29(37)30-22-5-3-4-21(15-22)27-39-25(16-26(40-27)20-8-6-19(17-35)7-9-20)18-41-28-31-32-33-34(28)23-10-12-24(36)13-11-23/h2-13,15,25-27,35-36H,1,14,16-18H2,(H,30,37). The van der Waals surface area contributed by atoms with Gasteiger partial charge in [0.15, 0.2) is 6.29 Å². The smallest absolute Gasteiger partial charge is 0.411 e. The number of rotatable bonds is 10. The van der Waals surface area contributed by atoms with Gasteiger partial charge in [0.2, 0.25) is 5.16 Å². The second kappa shape index (κ2) is 13.4. The van der Waals surface area contributed by atoms with Gasteiger partial charge in [0, 0.05) is 23.4 Å². The maximum atomic E-state index is 12.0. The topological polar surface area (TPSA) is 141 Å². The van der Waals surface area contributed by atoms with Crippen LogP contribution in [-0.2, 0) is 20.8 Å². The number of ether oxygens (including phenoxy) is 3. The fraction of sp³-hybridized carbons (Fsp3) is 0.241. The number of hydrogen-bond acceptors (Lipinski definition) is 10. The summed E-state index contributed by atoms with van der Waals surface area (Å²) in [5.74, 6) is 0.693. The average molecular weight is 576 g/mol. The van der Waals surface area contributed by atoms with Crippen LogP contribution >= 0.6 is 11.8 Å². The largest absolute Gasteiger partial charge is 0.508 e. The molecule has 0 saturated carbocycles. The van der Waals surface area contributed by atoms with Gasteiger partial charge >= 0.3 is 6.09 Å². The number of anilines is 1. The molecule has 4 aromatic rings. The first-order valence-corrected chi connectivity index (χ1v) is 13.9. The maximum Gasteiger partial charge on any atom is 0.411 e. The van der Waals surface area contributed by atoms with Crippen molar-refractivity contribution < 1.29 is 29.2 Å². The molecule has 5 rings (SSSR count). The monoisotopic (exact) mass is 575 g/mol. The number of aromatic hydroxyl groups is 1. The number of carbonyl (C=O) groups is 1. The summed E-state index contributed by atoms with van der Waals surface area (Å²) >= 11 is 1.45. The van der Waals surface area contributed by atoms with Crippen LogP contribution in [0.5, 0.6) is 5.75 Å². The van der Waals surface area contributed by atoms with Crippen molar-refractivity contribution in [2.24, 2.45) is 0 Å². The highest BCUT2D eigenvalue weighted by molar-refractivity contribution is 7.99. The van der Waals surface area contributed by atoms with Gasteiger partial charge in [-0.2, -0.15) is 4.68 Å². The van der Waals surface area contributed by atoms with E-state index in [0.717, 1.165) is 22.4 Å². The number of hydrogen-bond donors (Lipinski definition) is 3. The lowest BCUT2D eigenvalue weighted by Gasteiger charge is -2.36. The second-order valence-electron chi connectivity index (χ2n) is 9.19. The van der Waals surface area contributed by atoms with E-state index in [1.807, 2.05) is 30.3 Å². The van der Waals surface area contributed by atoms with Gasteiger partial charge in [-0.05, 0) is 58.0 Å². The number of aliphatic hydroxyl groups is 1. The van der Waals surface area contributed by atoms with Crippen LogP contribution in [0.4, 0.5) is 10.5 Å². The summed E-state index contributed by atoms with van der Waals surface area (Å²) in [7, 11) is 0. The quantitative estimate of drug-likeness (QED) is 0.176. The van der Waals surface area contributed by atoms with E-state index in [0.29, 0.717) is 23.0 Å². The van der Waals surface area contributed by atoms with Gasteiger partial charge in [-0.15, -0.1) is 5.10 Å². The van der Waals surface area contributed by atoms with Gasteiger partial charge in [0.05, 0.1) is 24.5 Å². The number of phenols is 1. The van der Waals surface area contributed by atoms with E-state index < -0.39 is 12.4 Å². The van der Waals surface area contributed by atoms with Crippen molar-refractivity contribution in [3.8, 4) is 11.4 Å². The lowest BCUT2D eigenvalue weighted by molar-refractivity contribution is -0.245. The zero-order valence-corrected chi connectivity index (χ0v) is 22.8. The summed E-state index contributed by atoms with van der Waals surface area (Å²) in [6.45, 7) is 3.61. The number of nitrogens with zero attached hydrogens (tertiary/aromatic N) is 4. The first-order chi connectivity index (χ1) is 20.0. The number of carbonyl (C=O) groups excluding carboxylic acids is 1. The number of tetrazole rings is 1. The second-order valence-corrected chi connectivity index (χ2v) is 10.2. The van der Waals surface area contributed by atoms with E-state index in [1.165, 1.54) is 17.8 Å². The molecule has 11 nitrogen and oxygen atoms in total. The summed E-state index contributed by atoms with van der Waals surface area (Å²) in [4.78, 5) is 12.0. The molecule has 1 aliphatic heterocycles. The van der Waals surface area contributed by atoms with E-state index in [9.17, 15) is 15.0 Å². The summed E-state index contributed by atoms with van der Waals surface area (Å²) in [5, 5.41) is 34.4. The van der Waals surface area contributed by atoms with Crippen molar-refractivity contribution >= 4 is 23.5 Å². The van der Waals surface area contributed by atoms with Gasteiger partial charge in [-0.1, -0.05) is 60.8 Å². The molecule has 1 amide bonds. The van der Waals surface area contributed by atoms with Crippen LogP contribution in [0.1, 0.15) is 35.5 Å². The molecule has 2 heterocycles. The summed E-state index contributed by atoms with van der Waals surface area (Å²) in [5.41, 5.74) is 3.76. The predicted octanol–water partition coefficient (Wildman–Crippen LogP) is 4.93. The molecule has 3 atom stereocenters. The summed E-state index contributed by atoms with van der Waals surface area (Å²) in [6.07, 6.45) is 0.254.